The van der Waals surface area contributed by atoms with Crippen molar-refractivity contribution in [3.05, 3.63) is 106 Å². The van der Waals surface area contributed by atoms with Crippen LogP contribution in [0.3, 0.4) is 0 Å². The zero-order valence-corrected chi connectivity index (χ0v) is 32.1. The first-order chi connectivity index (χ1) is 26.5. The van der Waals surface area contributed by atoms with Crippen LogP contribution >= 0.6 is 0 Å². The van der Waals surface area contributed by atoms with Crippen LogP contribution in [0.1, 0.15) is 82.3 Å². The van der Waals surface area contributed by atoms with Crippen molar-refractivity contribution in [1.29, 1.82) is 0 Å². The second-order valence-corrected chi connectivity index (χ2v) is 16.3. The van der Waals surface area contributed by atoms with Gasteiger partial charge in [0.15, 0.2) is 0 Å². The molecular formula is C44H51N5O6. The fourth-order valence-electron chi connectivity index (χ4n) is 8.54. The summed E-state index contributed by atoms with van der Waals surface area (Å²) in [5.41, 5.74) is 8.20. The molecule has 4 aliphatic heterocycles. The minimum atomic E-state index is -0.622. The molecule has 4 aromatic rings. The van der Waals surface area contributed by atoms with Crippen molar-refractivity contribution in [3.8, 4) is 17.0 Å². The molecule has 0 unspecified atom stereocenters. The molecule has 1 atom stereocenters. The fraction of sp³-hybridized carbons (Fsp3) is 0.432. The number of hydrogen-bond acceptors (Lipinski definition) is 7. The van der Waals surface area contributed by atoms with Crippen LogP contribution < -0.4 is 5.32 Å². The van der Waals surface area contributed by atoms with Crippen molar-refractivity contribution in [2.75, 3.05) is 44.7 Å². The van der Waals surface area contributed by atoms with Crippen molar-refractivity contribution in [1.82, 2.24) is 19.3 Å². The van der Waals surface area contributed by atoms with Crippen LogP contribution in [0.15, 0.2) is 66.7 Å². The molecule has 8 rings (SSSR count). The monoisotopic (exact) mass is 745 g/mol. The second-order valence-electron chi connectivity index (χ2n) is 16.3. The lowest BCUT2D eigenvalue weighted by atomic mass is 9.89. The highest BCUT2D eigenvalue weighted by molar-refractivity contribution is 6.07. The van der Waals surface area contributed by atoms with Crippen LogP contribution in [0.25, 0.3) is 11.3 Å². The number of ether oxygens (including phenoxy) is 2. The lowest BCUT2D eigenvalue weighted by Crippen LogP contribution is -2.52. The van der Waals surface area contributed by atoms with E-state index in [0.717, 1.165) is 85.5 Å². The van der Waals surface area contributed by atoms with Gasteiger partial charge in [-0.05, 0) is 118 Å². The molecule has 0 bridgehead atoms. The SMILES string of the molecule is CC(C)(C)OC(=O)N1CCc2cc(-c3cc(C(=O)Nc4ccc(O)cc4)c4n3CCCC4)c(C(=O)N3Cc4ccccc4C[C@H]3CN3CCOCC3)cc2C1. The highest BCUT2D eigenvalue weighted by atomic mass is 16.6. The molecule has 2 N–H and O–H groups in total. The Morgan fingerprint density at radius 3 is 2.36 bits per heavy atom. The van der Waals surface area contributed by atoms with E-state index < -0.39 is 5.60 Å². The third-order valence-corrected chi connectivity index (χ3v) is 11.3. The van der Waals surface area contributed by atoms with E-state index in [4.69, 9.17) is 9.47 Å². The number of aromatic nitrogens is 1. The molecule has 1 fully saturated rings. The van der Waals surface area contributed by atoms with E-state index in [1.54, 1.807) is 29.2 Å². The maximum atomic E-state index is 15.4. The van der Waals surface area contributed by atoms with Gasteiger partial charge >= 0.3 is 6.09 Å². The van der Waals surface area contributed by atoms with Gasteiger partial charge < -0.3 is 34.3 Å². The highest BCUT2D eigenvalue weighted by Gasteiger charge is 2.36. The number of morpholine rings is 1. The fourth-order valence-corrected chi connectivity index (χ4v) is 8.54. The molecule has 5 heterocycles. The van der Waals surface area contributed by atoms with Crippen LogP contribution in [0.2, 0.25) is 0 Å². The van der Waals surface area contributed by atoms with E-state index >= 15 is 4.79 Å². The minimum Gasteiger partial charge on any atom is -0.508 e. The number of phenols is 1. The van der Waals surface area contributed by atoms with E-state index in [0.29, 0.717) is 56.1 Å². The zero-order chi connectivity index (χ0) is 38.3. The number of benzene rings is 3. The molecule has 0 saturated carbocycles. The maximum Gasteiger partial charge on any atom is 0.410 e. The van der Waals surface area contributed by atoms with Gasteiger partial charge in [-0.15, -0.1) is 0 Å². The lowest BCUT2D eigenvalue weighted by Gasteiger charge is -2.41. The van der Waals surface area contributed by atoms with Gasteiger partial charge in [0.05, 0.1) is 18.8 Å². The average Bonchev–Trinajstić information content (AvgIpc) is 3.57. The number of nitrogens with one attached hydrogen (secondary N) is 1. The van der Waals surface area contributed by atoms with Gasteiger partial charge in [0, 0.05) is 80.1 Å². The maximum absolute atomic E-state index is 15.4. The van der Waals surface area contributed by atoms with Gasteiger partial charge in [0.1, 0.15) is 11.4 Å². The molecule has 55 heavy (non-hydrogen) atoms. The minimum absolute atomic E-state index is 0.0458. The van der Waals surface area contributed by atoms with E-state index in [1.165, 1.54) is 5.56 Å². The first kappa shape index (κ1) is 36.8. The summed E-state index contributed by atoms with van der Waals surface area (Å²) >= 11 is 0. The Labute approximate surface area is 322 Å². The molecule has 288 valence electrons. The largest absolute Gasteiger partial charge is 0.508 e. The molecule has 0 spiro atoms. The number of aromatic hydroxyl groups is 1. The molecule has 11 heteroatoms. The third-order valence-electron chi connectivity index (χ3n) is 11.3. The summed E-state index contributed by atoms with van der Waals surface area (Å²) in [7, 11) is 0. The van der Waals surface area contributed by atoms with Crippen molar-refractivity contribution < 1.29 is 29.0 Å². The van der Waals surface area contributed by atoms with Crippen molar-refractivity contribution >= 4 is 23.6 Å². The molecule has 1 saturated heterocycles. The molecule has 0 radical (unpaired) electrons. The van der Waals surface area contributed by atoms with Crippen LogP contribution in [-0.4, -0.2) is 93.3 Å². The summed E-state index contributed by atoms with van der Waals surface area (Å²) in [6.07, 6.45) is 3.70. The Kier molecular flexibility index (Phi) is 10.2. The first-order valence-electron chi connectivity index (χ1n) is 19.7. The average molecular weight is 746 g/mol. The van der Waals surface area contributed by atoms with Gasteiger partial charge in [-0.1, -0.05) is 24.3 Å². The topological polar surface area (TPSA) is 117 Å². The second kappa shape index (κ2) is 15.2. The van der Waals surface area contributed by atoms with Gasteiger partial charge in [-0.3, -0.25) is 14.5 Å². The highest BCUT2D eigenvalue weighted by Crippen LogP contribution is 2.38. The molecular weight excluding hydrogens is 695 g/mol. The molecule has 4 aliphatic rings. The zero-order valence-electron chi connectivity index (χ0n) is 32.1. The van der Waals surface area contributed by atoms with Crippen molar-refractivity contribution in [2.45, 2.75) is 84.2 Å². The normalized spacial score (nSPS) is 18.6. The van der Waals surface area contributed by atoms with Gasteiger partial charge in [-0.25, -0.2) is 4.79 Å². The van der Waals surface area contributed by atoms with Crippen LogP contribution in [-0.2, 0) is 48.4 Å². The number of anilines is 1. The molecule has 0 aliphatic carbocycles. The molecule has 3 amide bonds. The summed E-state index contributed by atoms with van der Waals surface area (Å²) in [4.78, 5) is 48.8. The van der Waals surface area contributed by atoms with Crippen LogP contribution in [0, 0.1) is 0 Å². The van der Waals surface area contributed by atoms with E-state index in [1.807, 2.05) is 39.0 Å². The van der Waals surface area contributed by atoms with E-state index in [2.05, 4.69) is 43.9 Å². The number of rotatable bonds is 6. The van der Waals surface area contributed by atoms with Crippen LogP contribution in [0.5, 0.6) is 5.75 Å². The Balaban J connectivity index is 1.22. The quantitative estimate of drug-likeness (QED) is 0.213. The lowest BCUT2D eigenvalue weighted by molar-refractivity contribution is 0.0193. The number of carbonyl (C=O) groups excluding carboxylic acids is 3. The summed E-state index contributed by atoms with van der Waals surface area (Å²) in [5, 5.41) is 12.8. The molecule has 3 aromatic carbocycles. The van der Waals surface area contributed by atoms with E-state index in [-0.39, 0.29) is 29.7 Å². The smallest absolute Gasteiger partial charge is 0.410 e. The molecule has 11 nitrogen and oxygen atoms in total. The summed E-state index contributed by atoms with van der Waals surface area (Å²) in [6, 6.07) is 20.9. The Hall–Kier alpha value is -5.13. The number of phenolic OH excluding ortho intramolecular Hbond substituents is 1. The standard InChI is InChI=1S/C44H51N5O6/c1-44(2,3)55-43(53)47-17-15-30-23-36(40-25-38(39-10-6-7-16-48(39)40)41(51)45-33-11-13-35(50)14-12-33)37(24-32(30)26-47)42(52)49-27-31-9-5-4-8-29(31)22-34(49)28-46-18-20-54-21-19-46/h4-5,8-9,11-14,23-25,34,50H,6-7,10,15-22,26-28H2,1-3H3,(H,45,51)/t34-/m0/s1. The summed E-state index contributed by atoms with van der Waals surface area (Å²) < 4.78 is 13.7. The number of carbonyl (C=O) groups is 3. The number of fused-ring (bicyclic) bond motifs is 3. The van der Waals surface area contributed by atoms with E-state index in [9.17, 15) is 14.7 Å². The first-order valence-corrected chi connectivity index (χ1v) is 19.7. The van der Waals surface area contributed by atoms with Crippen molar-refractivity contribution in [2.24, 2.45) is 0 Å². The number of hydrogen-bond donors (Lipinski definition) is 2. The predicted molar refractivity (Wildman–Crippen MR) is 210 cm³/mol. The number of amides is 3. The molecule has 1 aromatic heterocycles. The summed E-state index contributed by atoms with van der Waals surface area (Å²) in [6.45, 7) is 11.5. The summed E-state index contributed by atoms with van der Waals surface area (Å²) in [5.74, 6) is -0.147. The van der Waals surface area contributed by atoms with Gasteiger partial charge in [0.2, 0.25) is 0 Å². The Morgan fingerprint density at radius 1 is 0.836 bits per heavy atom. The predicted octanol–water partition coefficient (Wildman–Crippen LogP) is 6.64. The van der Waals surface area contributed by atoms with Crippen LogP contribution in [0.4, 0.5) is 10.5 Å². The Morgan fingerprint density at radius 2 is 1.60 bits per heavy atom. The Bertz CT molecular complexity index is 2090. The van der Waals surface area contributed by atoms with Gasteiger partial charge in [-0.2, -0.15) is 0 Å². The van der Waals surface area contributed by atoms with Crippen molar-refractivity contribution in [3.63, 3.8) is 0 Å². The number of nitrogens with zero attached hydrogens (tertiary/aromatic N) is 4. The third kappa shape index (κ3) is 7.86. The van der Waals surface area contributed by atoms with Gasteiger partial charge in [0.25, 0.3) is 11.8 Å².